The van der Waals surface area contributed by atoms with Crippen LogP contribution in [0.4, 0.5) is 11.4 Å². The Morgan fingerprint density at radius 3 is 1.98 bits per heavy atom. The van der Waals surface area contributed by atoms with Crippen molar-refractivity contribution in [2.45, 2.75) is 25.3 Å². The number of fused-ring (bicyclic) bond motifs is 2. The number of aromatic hydroxyl groups is 1. The Morgan fingerprint density at radius 2 is 1.34 bits per heavy atom. The van der Waals surface area contributed by atoms with E-state index in [9.17, 15) is 39.1 Å². The Morgan fingerprint density at radius 1 is 0.721 bits per heavy atom. The smallest absolute Gasteiger partial charge is 0.488 e. The number of phenolic OH excluding ortho intramolecular Hbond substituents is 1. The summed E-state index contributed by atoms with van der Waals surface area (Å²) in [6, 6.07) is 23.9. The number of benzene rings is 4. The number of piperidine rings is 1. The first-order chi connectivity index (χ1) is 29.5. The van der Waals surface area contributed by atoms with E-state index in [4.69, 9.17) is 0 Å². The Kier molecular flexibility index (Phi) is 11.2. The zero-order valence-corrected chi connectivity index (χ0v) is 34.3. The van der Waals surface area contributed by atoms with Crippen LogP contribution in [0.3, 0.4) is 0 Å². The first kappa shape index (κ1) is 40.5. The van der Waals surface area contributed by atoms with Crippen molar-refractivity contribution < 1.29 is 39.1 Å². The van der Waals surface area contributed by atoms with Crippen molar-refractivity contribution in [3.63, 3.8) is 0 Å². The highest BCUT2D eigenvalue weighted by atomic mass is 32.1. The quantitative estimate of drug-likeness (QED) is 0.0872. The molecule has 16 heteroatoms. The molecule has 9 rings (SSSR count). The summed E-state index contributed by atoms with van der Waals surface area (Å²) in [5.74, 6) is -1.99. The van der Waals surface area contributed by atoms with Crippen LogP contribution in [0, 0.1) is 0 Å². The molecule has 5 aromatic rings. The Balaban J connectivity index is 0.748. The molecule has 0 spiro atoms. The summed E-state index contributed by atoms with van der Waals surface area (Å²) >= 11 is 1.42. The van der Waals surface area contributed by atoms with Crippen molar-refractivity contribution in [1.82, 2.24) is 20.0 Å². The van der Waals surface area contributed by atoms with Gasteiger partial charge in [0, 0.05) is 96.2 Å². The molecule has 3 fully saturated rings. The van der Waals surface area contributed by atoms with Gasteiger partial charge in [-0.15, -0.1) is 11.3 Å². The normalized spacial score (nSPS) is 18.9. The van der Waals surface area contributed by atoms with Gasteiger partial charge < -0.3 is 25.0 Å². The van der Waals surface area contributed by atoms with Gasteiger partial charge in [-0.1, -0.05) is 24.3 Å². The van der Waals surface area contributed by atoms with Crippen LogP contribution in [0.15, 0.2) is 84.9 Å². The summed E-state index contributed by atoms with van der Waals surface area (Å²) in [4.78, 5) is 75.9. The molecule has 312 valence electrons. The molecule has 4 aliphatic rings. The number of anilines is 2. The van der Waals surface area contributed by atoms with Gasteiger partial charge in [-0.3, -0.25) is 44.0 Å². The minimum Gasteiger partial charge on any atom is -0.508 e. The first-order valence-electron chi connectivity index (χ1n) is 20.7. The number of imide groups is 2. The molecule has 1 aromatic heterocycles. The third-order valence-corrected chi connectivity index (χ3v) is 13.5. The number of amides is 4. The number of phenols is 1. The lowest BCUT2D eigenvalue weighted by Gasteiger charge is -2.38. The lowest BCUT2D eigenvalue weighted by molar-refractivity contribution is -0.136. The molecule has 0 radical (unpaired) electrons. The van der Waals surface area contributed by atoms with Gasteiger partial charge in [0.05, 0.1) is 11.1 Å². The number of carbonyl (C=O) groups excluding carboxylic acids is 5. The van der Waals surface area contributed by atoms with Crippen molar-refractivity contribution in [2.75, 3.05) is 75.2 Å². The molecule has 0 saturated carbocycles. The highest BCUT2D eigenvalue weighted by Crippen LogP contribution is 2.41. The molecule has 4 aromatic carbocycles. The number of nitrogens with zero attached hydrogens (tertiary/aromatic N) is 5. The van der Waals surface area contributed by atoms with E-state index in [1.165, 1.54) is 11.3 Å². The molecule has 0 bridgehead atoms. The SMILES string of the molecule is O=C1CCC(N2C(=O)c3ccc(N4CCN(CCCN5CCN(c6ccc(C(=O)c7c(-c8ccc(B(O)O)cc8)sc8cc(O)ccc78)cc6)CC5)CC4)cc3C2=O)C(=O)N1. The lowest BCUT2D eigenvalue weighted by atomic mass is 9.80. The third-order valence-electron chi connectivity index (χ3n) is 12.3. The molecule has 3 saturated heterocycles. The van der Waals surface area contributed by atoms with Gasteiger partial charge in [-0.25, -0.2) is 0 Å². The van der Waals surface area contributed by atoms with Crippen molar-refractivity contribution in [3.8, 4) is 16.2 Å². The second-order valence-electron chi connectivity index (χ2n) is 16.0. The van der Waals surface area contributed by atoms with Crippen LogP contribution in [-0.4, -0.2) is 138 Å². The zero-order valence-electron chi connectivity index (χ0n) is 33.5. The monoisotopic (exact) mass is 840 g/mol. The van der Waals surface area contributed by atoms with Crippen LogP contribution in [-0.2, 0) is 9.59 Å². The molecule has 4 N–H and O–H groups in total. The number of nitrogens with one attached hydrogen (secondary N) is 1. The molecule has 4 amide bonds. The summed E-state index contributed by atoms with van der Waals surface area (Å²) in [6.45, 7) is 9.00. The van der Waals surface area contributed by atoms with Crippen LogP contribution in [0.2, 0.25) is 0 Å². The maximum atomic E-state index is 14.1. The summed E-state index contributed by atoms with van der Waals surface area (Å²) in [7, 11) is -1.59. The van der Waals surface area contributed by atoms with E-state index in [1.807, 2.05) is 30.3 Å². The number of carbonyl (C=O) groups is 5. The largest absolute Gasteiger partial charge is 0.508 e. The molecular formula is C45H45BN6O8S. The topological polar surface area (TPSA) is 174 Å². The minimum atomic E-state index is -1.59. The summed E-state index contributed by atoms with van der Waals surface area (Å²) < 4.78 is 0.788. The molecule has 5 heterocycles. The zero-order chi connectivity index (χ0) is 42.4. The summed E-state index contributed by atoms with van der Waals surface area (Å²) in [5, 5.41) is 32.3. The number of hydrogen-bond acceptors (Lipinski definition) is 13. The van der Waals surface area contributed by atoms with Crippen LogP contribution >= 0.6 is 11.3 Å². The number of thiophene rings is 1. The Labute approximate surface area is 356 Å². The second kappa shape index (κ2) is 16.9. The number of hydrogen-bond donors (Lipinski definition) is 4. The van der Waals surface area contributed by atoms with Gasteiger partial charge >= 0.3 is 7.12 Å². The molecule has 61 heavy (non-hydrogen) atoms. The van der Waals surface area contributed by atoms with Gasteiger partial charge in [0.15, 0.2) is 5.78 Å². The van der Waals surface area contributed by atoms with Crippen molar-refractivity contribution >= 4 is 74.8 Å². The molecule has 1 unspecified atom stereocenters. The van der Waals surface area contributed by atoms with Crippen molar-refractivity contribution in [1.29, 1.82) is 0 Å². The highest BCUT2D eigenvalue weighted by molar-refractivity contribution is 7.22. The van der Waals surface area contributed by atoms with Gasteiger partial charge in [0.25, 0.3) is 11.8 Å². The summed E-state index contributed by atoms with van der Waals surface area (Å²) in [5.41, 5.74) is 4.79. The molecular weight excluding hydrogens is 795 g/mol. The number of ketones is 1. The maximum Gasteiger partial charge on any atom is 0.488 e. The predicted molar refractivity (Wildman–Crippen MR) is 234 cm³/mol. The van der Waals surface area contributed by atoms with E-state index in [-0.39, 0.29) is 29.9 Å². The van der Waals surface area contributed by atoms with Crippen LogP contribution in [0.5, 0.6) is 5.75 Å². The third kappa shape index (κ3) is 8.04. The van der Waals surface area contributed by atoms with E-state index in [0.29, 0.717) is 22.2 Å². The highest BCUT2D eigenvalue weighted by Gasteiger charge is 2.45. The molecule has 0 aliphatic carbocycles. The average Bonchev–Trinajstić information content (AvgIpc) is 3.77. The summed E-state index contributed by atoms with van der Waals surface area (Å²) in [6.07, 6.45) is 1.27. The van der Waals surface area contributed by atoms with Gasteiger partial charge in [0.2, 0.25) is 11.8 Å². The molecule has 14 nitrogen and oxygen atoms in total. The van der Waals surface area contributed by atoms with Gasteiger partial charge in [-0.05, 0) is 97.6 Å². The van der Waals surface area contributed by atoms with Crippen molar-refractivity contribution in [2.24, 2.45) is 0 Å². The fourth-order valence-corrected chi connectivity index (χ4v) is 10.2. The number of rotatable bonds is 11. The van der Waals surface area contributed by atoms with Crippen molar-refractivity contribution in [3.05, 3.63) is 107 Å². The van der Waals surface area contributed by atoms with E-state index in [2.05, 4.69) is 24.9 Å². The maximum absolute atomic E-state index is 14.1. The fraction of sp³-hybridized carbons (Fsp3) is 0.311. The van der Waals surface area contributed by atoms with Gasteiger partial charge in [-0.2, -0.15) is 0 Å². The van der Waals surface area contributed by atoms with E-state index < -0.39 is 36.8 Å². The number of piperazine rings is 2. The predicted octanol–water partition coefficient (Wildman–Crippen LogP) is 2.92. The van der Waals surface area contributed by atoms with Crippen LogP contribution < -0.4 is 20.6 Å². The van der Waals surface area contributed by atoms with Crippen LogP contribution in [0.1, 0.15) is 55.9 Å². The average molecular weight is 841 g/mol. The standard InChI is InChI=1S/C45H45BN6O8S/c53-33-11-13-35-38(27-33)61-42(29-2-6-30(7-3-29)46(59)60)40(35)41(55)28-4-8-31(9-5-28)50-22-18-48(19-23-50)16-1-17-49-20-24-51(25-21-49)32-10-12-34-36(26-32)45(58)52(44(34)57)37-14-15-39(54)47-43(37)56/h2-13,26-27,37,53,59-60H,1,14-25H2,(H,47,54,56). The second-order valence-corrected chi connectivity index (χ2v) is 17.1. The Hall–Kier alpha value is -5.91. The van der Waals surface area contributed by atoms with E-state index in [1.54, 1.807) is 54.6 Å². The van der Waals surface area contributed by atoms with E-state index in [0.717, 1.165) is 109 Å². The van der Waals surface area contributed by atoms with Crippen LogP contribution in [0.25, 0.3) is 20.5 Å². The van der Waals surface area contributed by atoms with E-state index >= 15 is 0 Å². The Bertz CT molecular complexity index is 2530. The molecule has 4 aliphatic heterocycles. The fourth-order valence-electron chi connectivity index (χ4n) is 8.92. The minimum absolute atomic E-state index is 0.0868. The lowest BCUT2D eigenvalue weighted by Crippen LogP contribution is -2.54. The first-order valence-corrected chi connectivity index (χ1v) is 21.5. The van der Waals surface area contributed by atoms with Gasteiger partial charge in [0.1, 0.15) is 11.8 Å². The molecule has 1 atom stereocenters.